The first-order valence-electron chi connectivity index (χ1n) is 8.65. The van der Waals surface area contributed by atoms with Crippen molar-refractivity contribution in [1.29, 1.82) is 0 Å². The first-order valence-corrected chi connectivity index (χ1v) is 8.65. The number of benzene rings is 1. The van der Waals surface area contributed by atoms with Crippen LogP contribution in [0.1, 0.15) is 44.7 Å². The van der Waals surface area contributed by atoms with Crippen molar-refractivity contribution < 1.29 is 29.3 Å². The highest BCUT2D eigenvalue weighted by Gasteiger charge is 2.05. The van der Waals surface area contributed by atoms with Crippen molar-refractivity contribution in [2.45, 2.75) is 46.6 Å². The molecule has 0 saturated carbocycles. The molecule has 7 nitrogen and oxygen atoms in total. The van der Waals surface area contributed by atoms with Crippen LogP contribution in [0.25, 0.3) is 0 Å². The molecule has 26 heavy (non-hydrogen) atoms. The number of hydrogen-bond donors (Lipinski definition) is 3. The summed E-state index contributed by atoms with van der Waals surface area (Å²) in [6, 6.07) is 6.82. The second kappa shape index (κ2) is 13.1. The van der Waals surface area contributed by atoms with Crippen LogP contribution in [0.5, 0.6) is 5.75 Å². The Morgan fingerprint density at radius 2 is 1.65 bits per heavy atom. The molecule has 1 aromatic carbocycles. The van der Waals surface area contributed by atoms with Crippen LogP contribution in [0, 0.1) is 6.92 Å². The van der Waals surface area contributed by atoms with Gasteiger partial charge in [-0.3, -0.25) is 0 Å². The number of ether oxygens (including phenoxy) is 2. The van der Waals surface area contributed by atoms with Gasteiger partial charge in [-0.15, -0.1) is 0 Å². The highest BCUT2D eigenvalue weighted by atomic mass is 16.5. The third kappa shape index (κ3) is 11.4. The Kier molecular flexibility index (Phi) is 12.1. The van der Waals surface area contributed by atoms with E-state index >= 15 is 0 Å². The SMILES string of the molecule is Cc1cc(OCCOCCNC(C)C)ccc1C(C)C.O=C(O)C(=O)O. The maximum atomic E-state index is 9.10. The summed E-state index contributed by atoms with van der Waals surface area (Å²) in [6.07, 6.45) is 0. The smallest absolute Gasteiger partial charge is 0.414 e. The van der Waals surface area contributed by atoms with Gasteiger partial charge in [0, 0.05) is 12.6 Å². The second-order valence-corrected chi connectivity index (χ2v) is 6.35. The fourth-order valence-electron chi connectivity index (χ4n) is 2.13. The van der Waals surface area contributed by atoms with E-state index in [9.17, 15) is 0 Å². The summed E-state index contributed by atoms with van der Waals surface area (Å²) in [5, 5.41) is 18.1. The van der Waals surface area contributed by atoms with Crippen molar-refractivity contribution in [3.8, 4) is 5.75 Å². The number of hydrogen-bond acceptors (Lipinski definition) is 5. The molecule has 0 aliphatic rings. The Labute approximate surface area is 155 Å². The van der Waals surface area contributed by atoms with E-state index in [0.717, 1.165) is 18.9 Å². The van der Waals surface area contributed by atoms with Gasteiger partial charge in [-0.1, -0.05) is 33.8 Å². The van der Waals surface area contributed by atoms with Crippen molar-refractivity contribution in [3.05, 3.63) is 29.3 Å². The number of carboxylic acids is 2. The third-order valence-electron chi connectivity index (χ3n) is 3.34. The van der Waals surface area contributed by atoms with Gasteiger partial charge in [-0.2, -0.15) is 0 Å². The maximum absolute atomic E-state index is 9.10. The molecule has 0 fully saturated rings. The maximum Gasteiger partial charge on any atom is 0.414 e. The molecule has 3 N–H and O–H groups in total. The average Bonchev–Trinajstić information content (AvgIpc) is 2.53. The number of aryl methyl sites for hydroxylation is 1. The summed E-state index contributed by atoms with van der Waals surface area (Å²) in [5.74, 6) is -2.17. The zero-order valence-electron chi connectivity index (χ0n) is 16.2. The van der Waals surface area contributed by atoms with Crippen LogP contribution in [0.15, 0.2) is 18.2 Å². The topological polar surface area (TPSA) is 105 Å². The summed E-state index contributed by atoms with van der Waals surface area (Å²) in [4.78, 5) is 18.2. The van der Waals surface area contributed by atoms with Crippen molar-refractivity contribution in [3.63, 3.8) is 0 Å². The third-order valence-corrected chi connectivity index (χ3v) is 3.34. The van der Waals surface area contributed by atoms with E-state index in [1.165, 1.54) is 11.1 Å². The molecule has 7 heteroatoms. The molecule has 148 valence electrons. The summed E-state index contributed by atoms with van der Waals surface area (Å²) in [7, 11) is 0. The first-order chi connectivity index (χ1) is 12.1. The molecule has 0 bridgehead atoms. The lowest BCUT2D eigenvalue weighted by Crippen LogP contribution is -2.27. The molecule has 0 aromatic heterocycles. The molecular formula is C19H31NO6. The summed E-state index contributed by atoms with van der Waals surface area (Å²) < 4.78 is 11.2. The van der Waals surface area contributed by atoms with Gasteiger partial charge in [0.05, 0.1) is 13.2 Å². The molecule has 0 aliphatic carbocycles. The van der Waals surface area contributed by atoms with Gasteiger partial charge in [-0.05, 0) is 36.1 Å². The van der Waals surface area contributed by atoms with Crippen LogP contribution in [-0.4, -0.2) is 54.6 Å². The minimum Gasteiger partial charge on any atom is -0.491 e. The predicted octanol–water partition coefficient (Wildman–Crippen LogP) is 2.67. The fraction of sp³-hybridized carbons (Fsp3) is 0.579. The largest absolute Gasteiger partial charge is 0.491 e. The van der Waals surface area contributed by atoms with E-state index in [1.54, 1.807) is 0 Å². The van der Waals surface area contributed by atoms with Crippen LogP contribution in [0.2, 0.25) is 0 Å². The molecule has 1 rings (SSSR count). The number of nitrogens with one attached hydrogen (secondary N) is 1. The van der Waals surface area contributed by atoms with Crippen LogP contribution >= 0.6 is 0 Å². The van der Waals surface area contributed by atoms with E-state index in [1.807, 2.05) is 6.07 Å². The number of rotatable bonds is 9. The fourth-order valence-corrected chi connectivity index (χ4v) is 2.13. The van der Waals surface area contributed by atoms with Crippen LogP contribution in [0.4, 0.5) is 0 Å². The molecule has 0 spiro atoms. The zero-order chi connectivity index (χ0) is 20.1. The average molecular weight is 369 g/mol. The second-order valence-electron chi connectivity index (χ2n) is 6.35. The molecular weight excluding hydrogens is 338 g/mol. The normalized spacial score (nSPS) is 10.4. The van der Waals surface area contributed by atoms with Gasteiger partial charge in [0.2, 0.25) is 0 Å². The molecule has 0 unspecified atom stereocenters. The van der Waals surface area contributed by atoms with Crippen molar-refractivity contribution in [2.75, 3.05) is 26.4 Å². The molecule has 0 radical (unpaired) electrons. The van der Waals surface area contributed by atoms with Gasteiger partial charge in [-0.25, -0.2) is 9.59 Å². The summed E-state index contributed by atoms with van der Waals surface area (Å²) in [6.45, 7) is 13.7. The number of carboxylic acid groups (broad SMARTS) is 2. The van der Waals surface area contributed by atoms with Crippen LogP contribution in [0.3, 0.4) is 0 Å². The Bertz CT molecular complexity index is 545. The standard InChI is InChI=1S/C17H29NO2.C2H2O4/c1-13(2)17-7-6-16(12-15(17)5)20-11-10-19-9-8-18-14(3)4;3-1(4)2(5)6/h6-7,12-14,18H,8-11H2,1-5H3;(H,3,4)(H,5,6). The Hall–Kier alpha value is -2.12. The van der Waals surface area contributed by atoms with Gasteiger partial charge in [0.1, 0.15) is 12.4 Å². The van der Waals surface area contributed by atoms with Crippen LogP contribution in [-0.2, 0) is 14.3 Å². The molecule has 0 atom stereocenters. The predicted molar refractivity (Wildman–Crippen MR) is 100.0 cm³/mol. The Morgan fingerprint density at radius 3 is 2.12 bits per heavy atom. The molecule has 0 amide bonds. The first kappa shape index (κ1) is 23.9. The Balaban J connectivity index is 0.000000896. The van der Waals surface area contributed by atoms with Crippen LogP contribution < -0.4 is 10.1 Å². The van der Waals surface area contributed by atoms with E-state index in [0.29, 0.717) is 25.2 Å². The Morgan fingerprint density at radius 1 is 1.04 bits per heavy atom. The van der Waals surface area contributed by atoms with Gasteiger partial charge in [0.25, 0.3) is 0 Å². The molecule has 0 aliphatic heterocycles. The highest BCUT2D eigenvalue weighted by molar-refractivity contribution is 6.27. The minimum atomic E-state index is -1.82. The van der Waals surface area contributed by atoms with E-state index < -0.39 is 11.9 Å². The molecule has 0 heterocycles. The van der Waals surface area contributed by atoms with E-state index in [-0.39, 0.29) is 0 Å². The summed E-state index contributed by atoms with van der Waals surface area (Å²) in [5.41, 5.74) is 2.67. The molecule has 1 aromatic rings. The zero-order valence-corrected chi connectivity index (χ0v) is 16.2. The lowest BCUT2D eigenvalue weighted by atomic mass is 9.98. The van der Waals surface area contributed by atoms with Crippen molar-refractivity contribution >= 4 is 11.9 Å². The lowest BCUT2D eigenvalue weighted by Gasteiger charge is -2.13. The number of carbonyl (C=O) groups is 2. The monoisotopic (exact) mass is 369 g/mol. The lowest BCUT2D eigenvalue weighted by molar-refractivity contribution is -0.159. The quantitative estimate of drug-likeness (QED) is 0.454. The van der Waals surface area contributed by atoms with Gasteiger partial charge >= 0.3 is 11.9 Å². The van der Waals surface area contributed by atoms with Gasteiger partial charge in [0.15, 0.2) is 0 Å². The molecule has 0 saturated heterocycles. The minimum absolute atomic E-state index is 0.511. The van der Waals surface area contributed by atoms with Crippen molar-refractivity contribution in [1.82, 2.24) is 5.32 Å². The van der Waals surface area contributed by atoms with Gasteiger partial charge < -0.3 is 25.0 Å². The van der Waals surface area contributed by atoms with E-state index in [4.69, 9.17) is 29.3 Å². The van der Waals surface area contributed by atoms with Crippen molar-refractivity contribution in [2.24, 2.45) is 0 Å². The summed E-state index contributed by atoms with van der Waals surface area (Å²) >= 11 is 0. The highest BCUT2D eigenvalue weighted by Crippen LogP contribution is 2.23. The number of aliphatic carboxylic acids is 2. The van der Waals surface area contributed by atoms with E-state index in [2.05, 4.69) is 52.1 Å².